The van der Waals surface area contributed by atoms with Crippen molar-refractivity contribution < 1.29 is 8.83 Å². The zero-order valence-corrected chi connectivity index (χ0v) is 23.8. The lowest BCUT2D eigenvalue weighted by Gasteiger charge is -2.19. The van der Waals surface area contributed by atoms with Gasteiger partial charge in [0.1, 0.15) is 22.7 Å². The lowest BCUT2D eigenvalue weighted by Crippen LogP contribution is -1.92. The first-order valence-electron chi connectivity index (χ1n) is 14.9. The Kier molecular flexibility index (Phi) is 5.54. The van der Waals surface area contributed by atoms with Gasteiger partial charge in [-0.1, -0.05) is 121 Å². The standard InChI is InChI=1S/C42H26O2/c1-5-13-27(14-6-1)37-25-33-35(43-37)23-21-31-32-22-24-36-34(26-38(44-36)28-15-7-2-8-16-28)42(32)40(30-19-11-4-12-20-30)39(41(31)33)29-17-9-3-10-18-29/h1-26H. The topological polar surface area (TPSA) is 26.3 Å². The van der Waals surface area contributed by atoms with Crippen molar-refractivity contribution in [1.82, 2.24) is 0 Å². The van der Waals surface area contributed by atoms with Crippen LogP contribution in [0.25, 0.3) is 88.4 Å². The summed E-state index contributed by atoms with van der Waals surface area (Å²) in [5, 5.41) is 6.98. The maximum Gasteiger partial charge on any atom is 0.135 e. The van der Waals surface area contributed by atoms with Crippen molar-refractivity contribution >= 4 is 43.5 Å². The largest absolute Gasteiger partial charge is 0.456 e. The molecule has 2 heterocycles. The normalized spacial score (nSPS) is 11.6. The minimum Gasteiger partial charge on any atom is -0.456 e. The number of hydrogen-bond acceptors (Lipinski definition) is 2. The number of hydrogen-bond donors (Lipinski definition) is 0. The minimum atomic E-state index is 0.867. The van der Waals surface area contributed by atoms with Crippen LogP contribution in [-0.2, 0) is 0 Å². The number of rotatable bonds is 4. The predicted molar refractivity (Wildman–Crippen MR) is 183 cm³/mol. The summed E-state index contributed by atoms with van der Waals surface area (Å²) in [6, 6.07) is 55.3. The van der Waals surface area contributed by atoms with E-state index in [9.17, 15) is 0 Å². The van der Waals surface area contributed by atoms with Crippen LogP contribution in [-0.4, -0.2) is 0 Å². The van der Waals surface area contributed by atoms with Crippen molar-refractivity contribution in [3.8, 4) is 44.9 Å². The van der Waals surface area contributed by atoms with Gasteiger partial charge in [-0.05, 0) is 69.4 Å². The van der Waals surface area contributed by atoms with Crippen LogP contribution in [0.15, 0.2) is 167 Å². The first-order chi connectivity index (χ1) is 21.8. The van der Waals surface area contributed by atoms with Crippen molar-refractivity contribution in [1.29, 1.82) is 0 Å². The van der Waals surface area contributed by atoms with Crippen LogP contribution in [0, 0.1) is 0 Å². The molecule has 2 nitrogen and oxygen atoms in total. The van der Waals surface area contributed by atoms with Gasteiger partial charge < -0.3 is 8.83 Å². The average Bonchev–Trinajstić information content (AvgIpc) is 3.74. The van der Waals surface area contributed by atoms with Gasteiger partial charge in [0.2, 0.25) is 0 Å². The van der Waals surface area contributed by atoms with Gasteiger partial charge >= 0.3 is 0 Å². The molecular formula is C42H26O2. The first kappa shape index (κ1) is 24.7. The van der Waals surface area contributed by atoms with Crippen LogP contribution in [0.5, 0.6) is 0 Å². The summed E-state index contributed by atoms with van der Waals surface area (Å²) in [6.07, 6.45) is 0. The lowest BCUT2D eigenvalue weighted by atomic mass is 9.83. The molecular weight excluding hydrogens is 536 g/mol. The van der Waals surface area contributed by atoms with E-state index < -0.39 is 0 Å². The zero-order valence-electron chi connectivity index (χ0n) is 23.8. The Balaban J connectivity index is 1.50. The zero-order chi connectivity index (χ0) is 29.0. The molecule has 0 aliphatic carbocycles. The number of benzene rings is 7. The molecule has 0 saturated carbocycles. The predicted octanol–water partition coefficient (Wildman–Crippen LogP) is 12.2. The molecule has 206 valence electrons. The Morgan fingerprint density at radius 1 is 0.295 bits per heavy atom. The van der Waals surface area contributed by atoms with Gasteiger partial charge in [0.05, 0.1) is 0 Å². The molecule has 2 heteroatoms. The maximum absolute atomic E-state index is 6.52. The fourth-order valence-electron chi connectivity index (χ4n) is 6.74. The van der Waals surface area contributed by atoms with Crippen LogP contribution >= 0.6 is 0 Å². The Labute approximate surface area is 254 Å². The molecule has 0 unspecified atom stereocenters. The Bertz CT molecular complexity index is 2280. The summed E-state index contributed by atoms with van der Waals surface area (Å²) in [4.78, 5) is 0. The second-order valence-corrected chi connectivity index (χ2v) is 11.2. The third-order valence-electron chi connectivity index (χ3n) is 8.68. The lowest BCUT2D eigenvalue weighted by molar-refractivity contribution is 0.631. The third-order valence-corrected chi connectivity index (χ3v) is 8.68. The fourth-order valence-corrected chi connectivity index (χ4v) is 6.74. The van der Waals surface area contributed by atoms with Crippen LogP contribution in [0.1, 0.15) is 0 Å². The van der Waals surface area contributed by atoms with Crippen LogP contribution in [0.2, 0.25) is 0 Å². The van der Waals surface area contributed by atoms with E-state index in [1.165, 1.54) is 32.7 Å². The maximum atomic E-state index is 6.52. The molecule has 0 saturated heterocycles. The molecule has 7 aromatic carbocycles. The average molecular weight is 563 g/mol. The van der Waals surface area contributed by atoms with Gasteiger partial charge in [0, 0.05) is 32.7 Å². The summed E-state index contributed by atoms with van der Waals surface area (Å²) in [6.45, 7) is 0. The highest BCUT2D eigenvalue weighted by atomic mass is 16.3. The Hall–Kier alpha value is -5.86. The quantitative estimate of drug-likeness (QED) is 0.199. The van der Waals surface area contributed by atoms with Crippen molar-refractivity contribution in [3.05, 3.63) is 158 Å². The molecule has 0 fully saturated rings. The van der Waals surface area contributed by atoms with E-state index in [1.54, 1.807) is 0 Å². The molecule has 44 heavy (non-hydrogen) atoms. The molecule has 0 N–H and O–H groups in total. The second kappa shape index (κ2) is 9.86. The molecule has 9 aromatic rings. The van der Waals surface area contributed by atoms with Crippen LogP contribution < -0.4 is 0 Å². The van der Waals surface area contributed by atoms with E-state index in [-0.39, 0.29) is 0 Å². The Morgan fingerprint density at radius 2 is 0.636 bits per heavy atom. The molecule has 0 aliphatic heterocycles. The SMILES string of the molecule is c1ccc(-c2cc3c(ccc4c5ccc6oc(-c7ccccc7)cc6c5c(-c5ccccc5)c(-c5ccccc5)c34)o2)cc1. The first-order valence-corrected chi connectivity index (χ1v) is 14.9. The summed E-state index contributed by atoms with van der Waals surface area (Å²) in [7, 11) is 0. The molecule has 2 aromatic heterocycles. The van der Waals surface area contributed by atoms with Gasteiger partial charge in [0.15, 0.2) is 0 Å². The summed E-state index contributed by atoms with van der Waals surface area (Å²) in [5.41, 5.74) is 8.60. The molecule has 0 radical (unpaired) electrons. The van der Waals surface area contributed by atoms with E-state index in [4.69, 9.17) is 8.83 Å². The summed E-state index contributed by atoms with van der Waals surface area (Å²) in [5.74, 6) is 1.73. The highest BCUT2D eigenvalue weighted by molar-refractivity contribution is 6.32. The molecule has 0 bridgehead atoms. The van der Waals surface area contributed by atoms with Crippen molar-refractivity contribution in [3.63, 3.8) is 0 Å². The van der Waals surface area contributed by atoms with E-state index in [0.717, 1.165) is 55.7 Å². The van der Waals surface area contributed by atoms with Crippen LogP contribution in [0.3, 0.4) is 0 Å². The van der Waals surface area contributed by atoms with E-state index >= 15 is 0 Å². The molecule has 0 aliphatic rings. The fraction of sp³-hybridized carbons (Fsp3) is 0. The van der Waals surface area contributed by atoms with Crippen molar-refractivity contribution in [2.75, 3.05) is 0 Å². The minimum absolute atomic E-state index is 0.867. The van der Waals surface area contributed by atoms with Gasteiger partial charge in [0.25, 0.3) is 0 Å². The number of fused-ring (bicyclic) bond motifs is 7. The summed E-state index contributed by atoms with van der Waals surface area (Å²) < 4.78 is 13.0. The van der Waals surface area contributed by atoms with Gasteiger partial charge in [-0.2, -0.15) is 0 Å². The number of furan rings is 2. The molecule has 0 amide bonds. The van der Waals surface area contributed by atoms with E-state index in [0.29, 0.717) is 0 Å². The highest BCUT2D eigenvalue weighted by Crippen LogP contribution is 2.50. The Morgan fingerprint density at radius 3 is 1.00 bits per heavy atom. The monoisotopic (exact) mass is 562 g/mol. The van der Waals surface area contributed by atoms with E-state index in [1.807, 2.05) is 12.1 Å². The van der Waals surface area contributed by atoms with Crippen LogP contribution in [0.4, 0.5) is 0 Å². The molecule has 0 spiro atoms. The van der Waals surface area contributed by atoms with Gasteiger partial charge in [-0.25, -0.2) is 0 Å². The van der Waals surface area contributed by atoms with Gasteiger partial charge in [-0.3, -0.25) is 0 Å². The van der Waals surface area contributed by atoms with Gasteiger partial charge in [-0.15, -0.1) is 0 Å². The second-order valence-electron chi connectivity index (χ2n) is 11.2. The third kappa shape index (κ3) is 3.82. The summed E-state index contributed by atoms with van der Waals surface area (Å²) >= 11 is 0. The smallest absolute Gasteiger partial charge is 0.135 e. The van der Waals surface area contributed by atoms with Crippen molar-refractivity contribution in [2.24, 2.45) is 0 Å². The molecule has 9 rings (SSSR count). The molecule has 0 atom stereocenters. The highest BCUT2D eigenvalue weighted by Gasteiger charge is 2.23. The van der Waals surface area contributed by atoms with E-state index in [2.05, 4.69) is 146 Å². The van der Waals surface area contributed by atoms with Crippen molar-refractivity contribution in [2.45, 2.75) is 0 Å².